The highest BCUT2D eigenvalue weighted by Gasteiger charge is 2.05. The van der Waals surface area contributed by atoms with Gasteiger partial charge in [-0.1, -0.05) is 39.7 Å². The van der Waals surface area contributed by atoms with Gasteiger partial charge in [0.2, 0.25) is 5.91 Å². The fraction of sp³-hybridized carbons (Fsp3) is 0.0769. The van der Waals surface area contributed by atoms with E-state index < -0.39 is 0 Å². The topological polar surface area (TPSA) is 42.0 Å². The summed E-state index contributed by atoms with van der Waals surface area (Å²) in [6.45, 7) is 0. The number of anilines is 1. The molecule has 3 nitrogen and oxygen atoms in total. The average molecular weight is 326 g/mol. The summed E-state index contributed by atoms with van der Waals surface area (Å²) in [6, 6.07) is 11.0. The van der Waals surface area contributed by atoms with Gasteiger partial charge in [-0.15, -0.1) is 0 Å². The van der Waals surface area contributed by atoms with Crippen molar-refractivity contribution in [2.45, 2.75) is 6.42 Å². The highest BCUT2D eigenvalue weighted by molar-refractivity contribution is 9.10. The van der Waals surface area contributed by atoms with E-state index in [1.54, 1.807) is 18.3 Å². The molecule has 1 aromatic heterocycles. The molecule has 0 aliphatic carbocycles. The first kappa shape index (κ1) is 13.1. The van der Waals surface area contributed by atoms with Crippen LogP contribution in [0.2, 0.25) is 5.15 Å². The van der Waals surface area contributed by atoms with Crippen LogP contribution in [-0.4, -0.2) is 10.9 Å². The van der Waals surface area contributed by atoms with E-state index in [4.69, 9.17) is 11.6 Å². The first-order valence-corrected chi connectivity index (χ1v) is 6.46. The minimum absolute atomic E-state index is 0.0876. The van der Waals surface area contributed by atoms with Crippen LogP contribution in [0.5, 0.6) is 0 Å². The second kappa shape index (κ2) is 5.98. The van der Waals surface area contributed by atoms with Gasteiger partial charge in [-0.2, -0.15) is 0 Å². The van der Waals surface area contributed by atoms with Crippen LogP contribution in [0.4, 0.5) is 5.69 Å². The molecular weight excluding hydrogens is 316 g/mol. The lowest BCUT2D eigenvalue weighted by Crippen LogP contribution is -2.14. The number of halogens is 2. The van der Waals surface area contributed by atoms with Crippen molar-refractivity contribution < 1.29 is 4.79 Å². The Kier molecular flexibility index (Phi) is 4.33. The summed E-state index contributed by atoms with van der Waals surface area (Å²) in [7, 11) is 0. The van der Waals surface area contributed by atoms with Gasteiger partial charge >= 0.3 is 0 Å². The van der Waals surface area contributed by atoms with E-state index in [9.17, 15) is 4.79 Å². The number of pyridine rings is 1. The molecule has 1 aromatic carbocycles. The minimum atomic E-state index is -0.0876. The molecule has 0 aliphatic rings. The van der Waals surface area contributed by atoms with Crippen molar-refractivity contribution in [2.24, 2.45) is 0 Å². The standard InChI is InChI=1S/C13H10BrClN2O/c14-10-3-1-2-9(6-10)7-13(18)17-11-4-5-16-12(15)8-11/h1-6,8H,7H2,(H,16,17,18). The molecule has 2 aromatic rings. The quantitative estimate of drug-likeness (QED) is 0.875. The fourth-order valence-corrected chi connectivity index (χ4v) is 2.14. The lowest BCUT2D eigenvalue weighted by atomic mass is 10.1. The van der Waals surface area contributed by atoms with Crippen LogP contribution >= 0.6 is 27.5 Å². The highest BCUT2D eigenvalue weighted by atomic mass is 79.9. The van der Waals surface area contributed by atoms with E-state index in [1.807, 2.05) is 24.3 Å². The molecule has 5 heteroatoms. The summed E-state index contributed by atoms with van der Waals surface area (Å²) in [4.78, 5) is 15.7. The zero-order valence-electron chi connectivity index (χ0n) is 9.36. The largest absolute Gasteiger partial charge is 0.326 e. The minimum Gasteiger partial charge on any atom is -0.326 e. The van der Waals surface area contributed by atoms with E-state index >= 15 is 0 Å². The van der Waals surface area contributed by atoms with Gasteiger partial charge in [0.15, 0.2) is 0 Å². The molecule has 0 radical (unpaired) electrons. The van der Waals surface area contributed by atoms with Crippen LogP contribution in [0.25, 0.3) is 0 Å². The molecule has 1 heterocycles. The summed E-state index contributed by atoms with van der Waals surface area (Å²) >= 11 is 9.11. The van der Waals surface area contributed by atoms with Gasteiger partial charge in [0.1, 0.15) is 5.15 Å². The van der Waals surface area contributed by atoms with Gasteiger partial charge in [0.05, 0.1) is 6.42 Å². The van der Waals surface area contributed by atoms with Gasteiger partial charge < -0.3 is 5.32 Å². The van der Waals surface area contributed by atoms with E-state index in [0.717, 1.165) is 10.0 Å². The van der Waals surface area contributed by atoms with E-state index in [1.165, 1.54) is 0 Å². The Morgan fingerprint density at radius 2 is 2.17 bits per heavy atom. The molecular formula is C13H10BrClN2O. The molecule has 2 rings (SSSR count). The molecule has 92 valence electrons. The Hall–Kier alpha value is -1.39. The van der Waals surface area contributed by atoms with E-state index in [-0.39, 0.29) is 5.91 Å². The SMILES string of the molecule is O=C(Cc1cccc(Br)c1)Nc1ccnc(Cl)c1. The highest BCUT2D eigenvalue weighted by Crippen LogP contribution is 2.14. The molecule has 0 saturated carbocycles. The van der Waals surface area contributed by atoms with Crippen molar-refractivity contribution in [1.82, 2.24) is 4.98 Å². The third-order valence-corrected chi connectivity index (χ3v) is 2.96. The van der Waals surface area contributed by atoms with Crippen molar-refractivity contribution in [3.05, 3.63) is 57.8 Å². The lowest BCUT2D eigenvalue weighted by molar-refractivity contribution is -0.115. The van der Waals surface area contributed by atoms with E-state index in [0.29, 0.717) is 17.3 Å². The number of nitrogens with one attached hydrogen (secondary N) is 1. The number of aromatic nitrogens is 1. The first-order valence-electron chi connectivity index (χ1n) is 5.29. The third-order valence-electron chi connectivity index (χ3n) is 2.26. The zero-order chi connectivity index (χ0) is 13.0. The predicted octanol–water partition coefficient (Wildman–Crippen LogP) is 3.68. The van der Waals surface area contributed by atoms with Gasteiger partial charge in [-0.3, -0.25) is 4.79 Å². The first-order chi connectivity index (χ1) is 8.63. The summed E-state index contributed by atoms with van der Waals surface area (Å²) in [6.07, 6.45) is 1.87. The van der Waals surface area contributed by atoms with Crippen LogP contribution in [0.15, 0.2) is 47.1 Å². The van der Waals surface area contributed by atoms with Crippen molar-refractivity contribution >= 4 is 39.1 Å². The second-order valence-electron chi connectivity index (χ2n) is 3.72. The summed E-state index contributed by atoms with van der Waals surface area (Å²) in [5.74, 6) is -0.0876. The Bertz CT molecular complexity index is 525. The molecule has 1 amide bonds. The fourth-order valence-electron chi connectivity index (χ4n) is 1.52. The summed E-state index contributed by atoms with van der Waals surface area (Å²) in [5.41, 5.74) is 1.59. The molecule has 1 N–H and O–H groups in total. The van der Waals surface area contributed by atoms with Gasteiger partial charge in [0, 0.05) is 16.4 Å². The van der Waals surface area contributed by atoms with Crippen molar-refractivity contribution in [3.8, 4) is 0 Å². The number of hydrogen-bond donors (Lipinski definition) is 1. The van der Waals surface area contributed by atoms with Gasteiger partial charge in [-0.25, -0.2) is 4.98 Å². The number of carbonyl (C=O) groups excluding carboxylic acids is 1. The van der Waals surface area contributed by atoms with Crippen LogP contribution < -0.4 is 5.32 Å². The van der Waals surface area contributed by atoms with Crippen molar-refractivity contribution in [1.29, 1.82) is 0 Å². The molecule has 0 spiro atoms. The van der Waals surface area contributed by atoms with E-state index in [2.05, 4.69) is 26.2 Å². The lowest BCUT2D eigenvalue weighted by Gasteiger charge is -2.05. The maximum absolute atomic E-state index is 11.8. The van der Waals surface area contributed by atoms with Gasteiger partial charge in [-0.05, 0) is 29.8 Å². The Balaban J connectivity index is 2.01. The zero-order valence-corrected chi connectivity index (χ0v) is 11.7. The summed E-state index contributed by atoms with van der Waals surface area (Å²) < 4.78 is 0.958. The number of nitrogens with zero attached hydrogens (tertiary/aromatic N) is 1. The summed E-state index contributed by atoms with van der Waals surface area (Å²) in [5, 5.41) is 3.13. The Morgan fingerprint density at radius 3 is 2.89 bits per heavy atom. The molecule has 0 unspecified atom stereocenters. The van der Waals surface area contributed by atoms with Crippen LogP contribution in [0, 0.1) is 0 Å². The maximum atomic E-state index is 11.8. The van der Waals surface area contributed by atoms with Crippen molar-refractivity contribution in [2.75, 3.05) is 5.32 Å². The molecule has 0 saturated heterocycles. The van der Waals surface area contributed by atoms with Crippen LogP contribution in [-0.2, 0) is 11.2 Å². The third kappa shape index (κ3) is 3.82. The molecule has 0 atom stereocenters. The smallest absolute Gasteiger partial charge is 0.228 e. The molecule has 0 bridgehead atoms. The van der Waals surface area contributed by atoms with Crippen LogP contribution in [0.3, 0.4) is 0 Å². The molecule has 0 aliphatic heterocycles. The van der Waals surface area contributed by atoms with Gasteiger partial charge in [0.25, 0.3) is 0 Å². The number of rotatable bonds is 3. The Labute approximate surface area is 118 Å². The number of carbonyl (C=O) groups is 1. The number of amides is 1. The maximum Gasteiger partial charge on any atom is 0.228 e. The monoisotopic (exact) mass is 324 g/mol. The normalized spacial score (nSPS) is 10.1. The number of hydrogen-bond acceptors (Lipinski definition) is 2. The molecule has 18 heavy (non-hydrogen) atoms. The number of benzene rings is 1. The molecule has 0 fully saturated rings. The van der Waals surface area contributed by atoms with Crippen molar-refractivity contribution in [3.63, 3.8) is 0 Å². The Morgan fingerprint density at radius 1 is 1.33 bits per heavy atom. The predicted molar refractivity (Wildman–Crippen MR) is 75.7 cm³/mol. The van der Waals surface area contributed by atoms with Crippen LogP contribution in [0.1, 0.15) is 5.56 Å². The average Bonchev–Trinajstić information content (AvgIpc) is 2.28. The second-order valence-corrected chi connectivity index (χ2v) is 5.03.